The summed E-state index contributed by atoms with van der Waals surface area (Å²) in [5, 5.41) is 0. The number of ether oxygens (including phenoxy) is 1. The Hall–Kier alpha value is -1.69. The van der Waals surface area contributed by atoms with Crippen molar-refractivity contribution in [2.45, 2.75) is 18.9 Å². The number of hydrogen-bond donors (Lipinski definition) is 1. The predicted octanol–water partition coefficient (Wildman–Crippen LogP) is 0.191. The number of carbonyl (C=O) groups is 1. The number of nitrogens with zero attached hydrogens (tertiary/aromatic N) is 3. The van der Waals surface area contributed by atoms with Crippen molar-refractivity contribution < 1.29 is 9.53 Å². The molecule has 6 heteroatoms. The third-order valence-corrected chi connectivity index (χ3v) is 2.79. The molecule has 6 nitrogen and oxygen atoms in total. The molecule has 1 saturated heterocycles. The average Bonchev–Trinajstić information content (AvgIpc) is 2.38. The van der Waals surface area contributed by atoms with Gasteiger partial charge in [-0.05, 0) is 18.9 Å². The van der Waals surface area contributed by atoms with Gasteiger partial charge in [-0.1, -0.05) is 0 Å². The van der Waals surface area contributed by atoms with Crippen molar-refractivity contribution in [1.29, 1.82) is 0 Å². The van der Waals surface area contributed by atoms with Gasteiger partial charge in [-0.2, -0.15) is 0 Å². The van der Waals surface area contributed by atoms with Crippen LogP contribution in [0.1, 0.15) is 23.5 Å². The molecule has 0 amide bonds. The zero-order chi connectivity index (χ0) is 12.3. The summed E-state index contributed by atoms with van der Waals surface area (Å²) in [5.74, 6) is 0.299. The SMILES string of the molecule is COC(=O)c1nccc(N2CCC[C@@H](N)C2)n1. The molecule has 2 N–H and O–H groups in total. The molecule has 0 saturated carbocycles. The molecule has 0 bridgehead atoms. The Balaban J connectivity index is 2.17. The van der Waals surface area contributed by atoms with Gasteiger partial charge in [0.25, 0.3) is 0 Å². The summed E-state index contributed by atoms with van der Waals surface area (Å²) in [6, 6.07) is 1.95. The Labute approximate surface area is 99.8 Å². The van der Waals surface area contributed by atoms with Gasteiger partial charge in [-0.15, -0.1) is 0 Å². The van der Waals surface area contributed by atoms with E-state index in [2.05, 4.69) is 19.6 Å². The van der Waals surface area contributed by atoms with Crippen molar-refractivity contribution in [3.8, 4) is 0 Å². The van der Waals surface area contributed by atoms with Crippen LogP contribution in [0.15, 0.2) is 12.3 Å². The van der Waals surface area contributed by atoms with E-state index in [0.717, 1.165) is 31.7 Å². The molecule has 0 aliphatic carbocycles. The molecule has 92 valence electrons. The lowest BCUT2D eigenvalue weighted by molar-refractivity contribution is 0.0587. The Morgan fingerprint density at radius 2 is 2.47 bits per heavy atom. The summed E-state index contributed by atoms with van der Waals surface area (Å²) in [7, 11) is 1.31. The van der Waals surface area contributed by atoms with Crippen molar-refractivity contribution in [1.82, 2.24) is 9.97 Å². The minimum Gasteiger partial charge on any atom is -0.463 e. The van der Waals surface area contributed by atoms with Crippen LogP contribution in [0.3, 0.4) is 0 Å². The number of aromatic nitrogens is 2. The van der Waals surface area contributed by atoms with Gasteiger partial charge < -0.3 is 15.4 Å². The predicted molar refractivity (Wildman–Crippen MR) is 62.8 cm³/mol. The third kappa shape index (κ3) is 2.71. The normalized spacial score (nSPS) is 20.1. The highest BCUT2D eigenvalue weighted by atomic mass is 16.5. The van der Waals surface area contributed by atoms with Crippen LogP contribution in [0.4, 0.5) is 5.82 Å². The van der Waals surface area contributed by atoms with Crippen LogP contribution in [0.5, 0.6) is 0 Å². The van der Waals surface area contributed by atoms with E-state index >= 15 is 0 Å². The maximum absolute atomic E-state index is 11.3. The molecule has 1 atom stereocenters. The van der Waals surface area contributed by atoms with Crippen molar-refractivity contribution in [2.24, 2.45) is 5.73 Å². The fourth-order valence-corrected chi connectivity index (χ4v) is 1.93. The van der Waals surface area contributed by atoms with Crippen molar-refractivity contribution in [3.05, 3.63) is 18.1 Å². The summed E-state index contributed by atoms with van der Waals surface area (Å²) in [4.78, 5) is 21.5. The molecule has 17 heavy (non-hydrogen) atoms. The van der Waals surface area contributed by atoms with E-state index < -0.39 is 5.97 Å². The lowest BCUT2D eigenvalue weighted by Crippen LogP contribution is -2.43. The fraction of sp³-hybridized carbons (Fsp3) is 0.545. The van der Waals surface area contributed by atoms with Crippen LogP contribution in [-0.4, -0.2) is 42.2 Å². The van der Waals surface area contributed by atoms with Crippen LogP contribution >= 0.6 is 0 Å². The first-order valence-corrected chi connectivity index (χ1v) is 5.62. The first kappa shape index (κ1) is 11.8. The second-order valence-electron chi connectivity index (χ2n) is 4.08. The van der Waals surface area contributed by atoms with Crippen LogP contribution in [0.2, 0.25) is 0 Å². The molecule has 0 unspecified atom stereocenters. The van der Waals surface area contributed by atoms with Gasteiger partial charge in [-0.25, -0.2) is 14.8 Å². The quantitative estimate of drug-likeness (QED) is 0.738. The molecule has 2 rings (SSSR count). The van der Waals surface area contributed by atoms with Gasteiger partial charge in [0.05, 0.1) is 7.11 Å². The first-order valence-electron chi connectivity index (χ1n) is 5.62. The van der Waals surface area contributed by atoms with E-state index in [1.807, 2.05) is 0 Å². The number of rotatable bonds is 2. The highest BCUT2D eigenvalue weighted by Gasteiger charge is 2.19. The zero-order valence-corrected chi connectivity index (χ0v) is 9.80. The van der Waals surface area contributed by atoms with E-state index in [4.69, 9.17) is 5.73 Å². The number of nitrogens with two attached hydrogens (primary N) is 1. The molecule has 0 aromatic carbocycles. The molecule has 1 aliphatic rings. The molecule has 0 radical (unpaired) electrons. The maximum atomic E-state index is 11.3. The van der Waals surface area contributed by atoms with E-state index in [9.17, 15) is 4.79 Å². The molecule has 1 aromatic heterocycles. The minimum atomic E-state index is -0.520. The largest absolute Gasteiger partial charge is 0.463 e. The van der Waals surface area contributed by atoms with Crippen LogP contribution in [0.25, 0.3) is 0 Å². The van der Waals surface area contributed by atoms with Crippen LogP contribution in [0, 0.1) is 0 Å². The van der Waals surface area contributed by atoms with Gasteiger partial charge in [0.2, 0.25) is 5.82 Å². The molecule has 0 spiro atoms. The number of carbonyl (C=O) groups excluding carboxylic acids is 1. The molecule has 1 aromatic rings. The minimum absolute atomic E-state index is 0.0872. The summed E-state index contributed by atoms with van der Waals surface area (Å²) < 4.78 is 4.59. The van der Waals surface area contributed by atoms with E-state index in [1.54, 1.807) is 12.3 Å². The number of esters is 1. The lowest BCUT2D eigenvalue weighted by Gasteiger charge is -2.31. The van der Waals surface area contributed by atoms with Gasteiger partial charge in [0, 0.05) is 25.3 Å². The smallest absolute Gasteiger partial charge is 0.376 e. The fourth-order valence-electron chi connectivity index (χ4n) is 1.93. The maximum Gasteiger partial charge on any atom is 0.376 e. The Morgan fingerprint density at radius 1 is 1.65 bits per heavy atom. The number of hydrogen-bond acceptors (Lipinski definition) is 6. The second kappa shape index (κ2) is 5.09. The van der Waals surface area contributed by atoms with Gasteiger partial charge >= 0.3 is 5.97 Å². The van der Waals surface area contributed by atoms with Crippen LogP contribution in [-0.2, 0) is 4.74 Å². The van der Waals surface area contributed by atoms with Gasteiger partial charge in [-0.3, -0.25) is 0 Å². The number of anilines is 1. The van der Waals surface area contributed by atoms with Crippen molar-refractivity contribution >= 4 is 11.8 Å². The Bertz CT molecular complexity index is 410. The molecular formula is C11H16N4O2. The monoisotopic (exact) mass is 236 g/mol. The standard InChI is InChI=1S/C11H16N4O2/c1-17-11(16)10-13-5-4-9(14-10)15-6-2-3-8(12)7-15/h4-5,8H,2-3,6-7,12H2,1H3/t8-/m1/s1. The summed E-state index contributed by atoms with van der Waals surface area (Å²) >= 11 is 0. The van der Waals surface area contributed by atoms with Crippen molar-refractivity contribution in [3.63, 3.8) is 0 Å². The molecule has 1 aliphatic heterocycles. The van der Waals surface area contributed by atoms with Crippen LogP contribution < -0.4 is 10.6 Å². The highest BCUT2D eigenvalue weighted by molar-refractivity contribution is 5.85. The average molecular weight is 236 g/mol. The first-order chi connectivity index (χ1) is 8.20. The van der Waals surface area contributed by atoms with Gasteiger partial charge in [0.15, 0.2) is 0 Å². The molecule has 2 heterocycles. The summed E-state index contributed by atoms with van der Waals surface area (Å²) in [6.07, 6.45) is 3.64. The second-order valence-corrected chi connectivity index (χ2v) is 4.08. The van der Waals surface area contributed by atoms with E-state index in [-0.39, 0.29) is 11.9 Å². The topological polar surface area (TPSA) is 81.3 Å². The molecule has 1 fully saturated rings. The van der Waals surface area contributed by atoms with Gasteiger partial charge in [0.1, 0.15) is 5.82 Å². The third-order valence-electron chi connectivity index (χ3n) is 2.79. The van der Waals surface area contributed by atoms with E-state index in [0.29, 0.717) is 0 Å². The number of methoxy groups -OCH3 is 1. The molecular weight excluding hydrogens is 220 g/mol. The zero-order valence-electron chi connectivity index (χ0n) is 9.80. The lowest BCUT2D eigenvalue weighted by atomic mass is 10.1. The Kier molecular flexibility index (Phi) is 3.53. The number of piperidine rings is 1. The summed E-state index contributed by atoms with van der Waals surface area (Å²) in [6.45, 7) is 1.67. The van der Waals surface area contributed by atoms with Crippen molar-refractivity contribution in [2.75, 3.05) is 25.1 Å². The highest BCUT2D eigenvalue weighted by Crippen LogP contribution is 2.16. The van der Waals surface area contributed by atoms with E-state index in [1.165, 1.54) is 7.11 Å². The Morgan fingerprint density at radius 3 is 3.18 bits per heavy atom. The summed E-state index contributed by atoms with van der Waals surface area (Å²) in [5.41, 5.74) is 5.91.